The Hall–Kier alpha value is -2.79. The summed E-state index contributed by atoms with van der Waals surface area (Å²) in [4.78, 5) is 14.5. The molecule has 0 spiro atoms. The van der Waals surface area contributed by atoms with Crippen LogP contribution in [0.2, 0.25) is 0 Å². The number of hydrogen-bond donors (Lipinski definition) is 2. The Morgan fingerprint density at radius 3 is 2.66 bits per heavy atom. The smallest absolute Gasteiger partial charge is 0.243 e. The third kappa shape index (κ3) is 6.64. The Morgan fingerprint density at radius 1 is 1.21 bits per heavy atom. The first-order valence-electron chi connectivity index (χ1n) is 10.2. The van der Waals surface area contributed by atoms with Crippen molar-refractivity contribution in [2.75, 3.05) is 26.7 Å². The minimum atomic E-state index is -0.109. The first-order chi connectivity index (χ1) is 14.1. The van der Waals surface area contributed by atoms with Gasteiger partial charge in [-0.3, -0.25) is 9.69 Å². The van der Waals surface area contributed by atoms with Crippen molar-refractivity contribution < 1.29 is 14.6 Å². The lowest BCUT2D eigenvalue weighted by atomic mass is 9.93. The van der Waals surface area contributed by atoms with Gasteiger partial charge >= 0.3 is 0 Å². The normalized spacial score (nSPS) is 15.5. The van der Waals surface area contributed by atoms with Crippen molar-refractivity contribution in [2.24, 2.45) is 5.92 Å². The number of methoxy groups -OCH3 is 1. The number of nitrogens with one attached hydrogen (secondary N) is 1. The molecule has 0 saturated carbocycles. The van der Waals surface area contributed by atoms with Gasteiger partial charge in [-0.05, 0) is 67.6 Å². The highest BCUT2D eigenvalue weighted by Crippen LogP contribution is 2.26. The van der Waals surface area contributed by atoms with Gasteiger partial charge in [-0.2, -0.15) is 0 Å². The molecule has 0 aliphatic carbocycles. The van der Waals surface area contributed by atoms with Crippen LogP contribution in [0, 0.1) is 5.92 Å². The van der Waals surface area contributed by atoms with Crippen LogP contribution in [0.1, 0.15) is 30.4 Å². The van der Waals surface area contributed by atoms with Crippen molar-refractivity contribution in [1.82, 2.24) is 10.2 Å². The molecule has 1 amide bonds. The van der Waals surface area contributed by atoms with E-state index in [0.29, 0.717) is 18.2 Å². The third-order valence-corrected chi connectivity index (χ3v) is 5.44. The molecule has 0 atom stereocenters. The summed E-state index contributed by atoms with van der Waals surface area (Å²) in [5.74, 6) is 1.04. The Balaban J connectivity index is 1.34. The van der Waals surface area contributed by atoms with Crippen LogP contribution in [0.15, 0.2) is 54.6 Å². The number of hydrogen-bond acceptors (Lipinski definition) is 4. The summed E-state index contributed by atoms with van der Waals surface area (Å²) in [5, 5.41) is 12.7. The first kappa shape index (κ1) is 20.9. The number of ether oxygens (including phenoxy) is 1. The van der Waals surface area contributed by atoms with Crippen LogP contribution in [0.5, 0.6) is 11.5 Å². The molecule has 5 nitrogen and oxygen atoms in total. The van der Waals surface area contributed by atoms with Gasteiger partial charge in [-0.15, -0.1) is 0 Å². The average Bonchev–Trinajstić information content (AvgIpc) is 2.74. The molecule has 2 N–H and O–H groups in total. The standard InChI is InChI=1S/C24H30N2O3/c1-29-23-9-7-20(17-22(23)27)8-10-24(28)25-14-11-19-12-15-26(16-13-19)18-21-5-3-2-4-6-21/h2-10,17,19,27H,11-16,18H2,1H3,(H,25,28)/b10-8+. The lowest BCUT2D eigenvalue weighted by Crippen LogP contribution is -2.34. The molecule has 1 fully saturated rings. The zero-order valence-corrected chi connectivity index (χ0v) is 17.0. The quantitative estimate of drug-likeness (QED) is 0.668. The fourth-order valence-electron chi connectivity index (χ4n) is 3.72. The van der Waals surface area contributed by atoms with Crippen molar-refractivity contribution in [3.8, 4) is 11.5 Å². The highest BCUT2D eigenvalue weighted by Gasteiger charge is 2.19. The van der Waals surface area contributed by atoms with Crippen LogP contribution in [0.25, 0.3) is 6.08 Å². The van der Waals surface area contributed by atoms with Crippen LogP contribution in [0.3, 0.4) is 0 Å². The van der Waals surface area contributed by atoms with E-state index in [0.717, 1.165) is 31.6 Å². The van der Waals surface area contributed by atoms with Crippen molar-refractivity contribution >= 4 is 12.0 Å². The summed E-state index contributed by atoms with van der Waals surface area (Å²) in [5.41, 5.74) is 2.12. The van der Waals surface area contributed by atoms with Gasteiger partial charge in [-0.25, -0.2) is 0 Å². The largest absolute Gasteiger partial charge is 0.504 e. The summed E-state index contributed by atoms with van der Waals surface area (Å²) in [6, 6.07) is 15.7. The van der Waals surface area contributed by atoms with E-state index in [1.54, 1.807) is 24.3 Å². The van der Waals surface area contributed by atoms with E-state index >= 15 is 0 Å². The molecule has 1 aliphatic rings. The lowest BCUT2D eigenvalue weighted by molar-refractivity contribution is -0.116. The van der Waals surface area contributed by atoms with E-state index in [1.807, 2.05) is 0 Å². The molecule has 29 heavy (non-hydrogen) atoms. The molecule has 1 saturated heterocycles. The Labute approximate surface area is 173 Å². The predicted octanol–water partition coefficient (Wildman–Crippen LogP) is 3.83. The third-order valence-electron chi connectivity index (χ3n) is 5.44. The van der Waals surface area contributed by atoms with Gasteiger partial charge in [0.2, 0.25) is 5.91 Å². The average molecular weight is 395 g/mol. The second-order valence-corrected chi connectivity index (χ2v) is 7.55. The molecule has 2 aromatic carbocycles. The second-order valence-electron chi connectivity index (χ2n) is 7.55. The monoisotopic (exact) mass is 394 g/mol. The first-order valence-corrected chi connectivity index (χ1v) is 10.2. The molecule has 0 radical (unpaired) electrons. The van der Waals surface area contributed by atoms with Gasteiger partial charge in [0, 0.05) is 19.2 Å². The van der Waals surface area contributed by atoms with Gasteiger partial charge in [0.15, 0.2) is 11.5 Å². The maximum Gasteiger partial charge on any atom is 0.243 e. The molecule has 0 aromatic heterocycles. The van der Waals surface area contributed by atoms with Crippen molar-refractivity contribution in [3.63, 3.8) is 0 Å². The Morgan fingerprint density at radius 2 is 1.97 bits per heavy atom. The summed E-state index contributed by atoms with van der Waals surface area (Å²) in [7, 11) is 1.51. The van der Waals surface area contributed by atoms with Crippen LogP contribution in [-0.4, -0.2) is 42.7 Å². The molecular weight excluding hydrogens is 364 g/mol. The van der Waals surface area contributed by atoms with E-state index in [4.69, 9.17) is 4.74 Å². The van der Waals surface area contributed by atoms with Gasteiger partial charge in [0.1, 0.15) is 0 Å². The summed E-state index contributed by atoms with van der Waals surface area (Å²) in [6.45, 7) is 3.96. The number of phenols is 1. The van der Waals surface area contributed by atoms with Crippen LogP contribution in [0.4, 0.5) is 0 Å². The van der Waals surface area contributed by atoms with Crippen LogP contribution in [-0.2, 0) is 11.3 Å². The lowest BCUT2D eigenvalue weighted by Gasteiger charge is -2.32. The zero-order chi connectivity index (χ0) is 20.5. The Bertz CT molecular complexity index is 812. The molecule has 3 rings (SSSR count). The van der Waals surface area contributed by atoms with E-state index in [9.17, 15) is 9.90 Å². The topological polar surface area (TPSA) is 61.8 Å². The fraction of sp³-hybridized carbons (Fsp3) is 0.375. The van der Waals surface area contributed by atoms with Gasteiger partial charge in [0.25, 0.3) is 0 Å². The number of carbonyl (C=O) groups is 1. The molecule has 5 heteroatoms. The molecule has 1 heterocycles. The van der Waals surface area contributed by atoms with Gasteiger partial charge < -0.3 is 15.2 Å². The van der Waals surface area contributed by atoms with E-state index in [-0.39, 0.29) is 11.7 Å². The SMILES string of the molecule is COc1ccc(/C=C/C(=O)NCCC2CCN(Cc3ccccc3)CC2)cc1O. The van der Waals surface area contributed by atoms with E-state index < -0.39 is 0 Å². The fourth-order valence-corrected chi connectivity index (χ4v) is 3.72. The molecule has 0 bridgehead atoms. The number of phenolic OH excluding ortho intramolecular Hbond substituents is 1. The molecule has 2 aromatic rings. The minimum absolute atomic E-state index is 0.0636. The number of aromatic hydroxyl groups is 1. The molecule has 1 aliphatic heterocycles. The maximum atomic E-state index is 12.0. The second kappa shape index (κ2) is 10.7. The number of likely N-dealkylation sites (tertiary alicyclic amines) is 1. The number of piperidine rings is 1. The zero-order valence-electron chi connectivity index (χ0n) is 17.0. The summed E-state index contributed by atoms with van der Waals surface area (Å²) >= 11 is 0. The van der Waals surface area contributed by atoms with Crippen LogP contribution < -0.4 is 10.1 Å². The highest BCUT2D eigenvalue weighted by atomic mass is 16.5. The van der Waals surface area contributed by atoms with Gasteiger partial charge in [-0.1, -0.05) is 36.4 Å². The summed E-state index contributed by atoms with van der Waals surface area (Å²) in [6.07, 6.45) is 6.58. The summed E-state index contributed by atoms with van der Waals surface area (Å²) < 4.78 is 5.02. The minimum Gasteiger partial charge on any atom is -0.504 e. The van der Waals surface area contributed by atoms with Crippen molar-refractivity contribution in [3.05, 3.63) is 65.7 Å². The predicted molar refractivity (Wildman–Crippen MR) is 116 cm³/mol. The molecule has 0 unspecified atom stereocenters. The maximum absolute atomic E-state index is 12.0. The molecular formula is C24H30N2O3. The van der Waals surface area contributed by atoms with E-state index in [1.165, 1.54) is 31.6 Å². The van der Waals surface area contributed by atoms with Crippen molar-refractivity contribution in [1.29, 1.82) is 0 Å². The van der Waals surface area contributed by atoms with E-state index in [2.05, 4.69) is 40.5 Å². The van der Waals surface area contributed by atoms with Gasteiger partial charge in [0.05, 0.1) is 7.11 Å². The molecule has 154 valence electrons. The van der Waals surface area contributed by atoms with Crippen LogP contribution >= 0.6 is 0 Å². The highest BCUT2D eigenvalue weighted by molar-refractivity contribution is 5.91. The Kier molecular flexibility index (Phi) is 7.70. The van der Waals surface area contributed by atoms with Crippen molar-refractivity contribution in [2.45, 2.75) is 25.8 Å². The number of amides is 1. The number of carbonyl (C=O) groups excluding carboxylic acids is 1. The number of nitrogens with zero attached hydrogens (tertiary/aromatic N) is 1. The number of benzene rings is 2. The number of rotatable bonds is 8.